The first-order chi connectivity index (χ1) is 21.0. The van der Waals surface area contributed by atoms with E-state index in [0.29, 0.717) is 44.7 Å². The number of sulfone groups is 1. The molecule has 3 aliphatic heterocycles. The molecular formula is C30H25F3N8O2S. The molecule has 8 rings (SSSR count). The van der Waals surface area contributed by atoms with Crippen molar-refractivity contribution >= 4 is 21.2 Å². The number of benzene rings is 1. The Morgan fingerprint density at radius 1 is 0.955 bits per heavy atom. The van der Waals surface area contributed by atoms with Gasteiger partial charge in [0.05, 0.1) is 28.4 Å². The minimum atomic E-state index is -4.64. The molecular weight excluding hydrogens is 593 g/mol. The van der Waals surface area contributed by atoms with Gasteiger partial charge in [0.1, 0.15) is 11.9 Å². The Morgan fingerprint density at radius 2 is 1.70 bits per heavy atom. The number of alkyl halides is 3. The maximum Gasteiger partial charge on any atom is 0.504 e. The summed E-state index contributed by atoms with van der Waals surface area (Å²) in [4.78, 5) is 9.72. The van der Waals surface area contributed by atoms with Gasteiger partial charge in [-0.15, -0.1) is 13.2 Å². The smallest absolute Gasteiger partial charge is 0.353 e. The van der Waals surface area contributed by atoms with E-state index in [1.54, 1.807) is 30.6 Å². The van der Waals surface area contributed by atoms with E-state index in [-0.39, 0.29) is 10.2 Å². The van der Waals surface area contributed by atoms with Gasteiger partial charge in [0.25, 0.3) is 0 Å². The summed E-state index contributed by atoms with van der Waals surface area (Å²) in [5.74, 6) is 0.813. The number of pyridine rings is 2. The fourth-order valence-electron chi connectivity index (χ4n) is 6.11. The number of rotatable bonds is 6. The van der Waals surface area contributed by atoms with E-state index in [0.717, 1.165) is 49.8 Å². The van der Waals surface area contributed by atoms with E-state index in [4.69, 9.17) is 4.98 Å². The molecule has 0 amide bonds. The zero-order chi connectivity index (χ0) is 30.8. The molecule has 2 unspecified atom stereocenters. The average molecular weight is 619 g/mol. The molecule has 3 aliphatic rings. The highest BCUT2D eigenvalue weighted by Crippen LogP contribution is 2.37. The zero-order valence-corrected chi connectivity index (χ0v) is 24.2. The predicted molar refractivity (Wildman–Crippen MR) is 155 cm³/mol. The van der Waals surface area contributed by atoms with Crippen molar-refractivity contribution < 1.29 is 21.6 Å². The fraction of sp³-hybridized carbons (Fsp3) is 0.267. The molecule has 5 aromatic rings. The van der Waals surface area contributed by atoms with E-state index < -0.39 is 16.1 Å². The van der Waals surface area contributed by atoms with Crippen LogP contribution in [0.1, 0.15) is 17.5 Å². The van der Waals surface area contributed by atoms with Crippen LogP contribution in [-0.2, 0) is 22.7 Å². The van der Waals surface area contributed by atoms with Gasteiger partial charge in [0, 0.05) is 78.8 Å². The highest BCUT2D eigenvalue weighted by molar-refractivity contribution is 7.90. The molecule has 0 saturated carbocycles. The first kappa shape index (κ1) is 28.1. The maximum absolute atomic E-state index is 13.2. The van der Waals surface area contributed by atoms with Crippen molar-refractivity contribution in [2.24, 2.45) is 0 Å². The van der Waals surface area contributed by atoms with Crippen LogP contribution in [0.15, 0.2) is 78.3 Å². The summed E-state index contributed by atoms with van der Waals surface area (Å²) < 4.78 is 64.5. The predicted octanol–water partition coefficient (Wildman–Crippen LogP) is 4.47. The quantitative estimate of drug-likeness (QED) is 0.274. The lowest BCUT2D eigenvalue weighted by molar-refractivity contribution is -0.212. The lowest BCUT2D eigenvalue weighted by Gasteiger charge is -2.56. The van der Waals surface area contributed by atoms with Crippen LogP contribution in [-0.4, -0.2) is 69.1 Å². The van der Waals surface area contributed by atoms with Crippen LogP contribution >= 0.6 is 0 Å². The van der Waals surface area contributed by atoms with Crippen LogP contribution < -0.4 is 4.90 Å². The number of aromatic nitrogens is 5. The highest BCUT2D eigenvalue weighted by atomic mass is 32.2. The lowest BCUT2D eigenvalue weighted by Crippen LogP contribution is -2.68. The minimum absolute atomic E-state index is 0.0503. The average Bonchev–Trinajstić information content (AvgIpc) is 3.67. The molecule has 4 aromatic heterocycles. The maximum atomic E-state index is 13.2. The van der Waals surface area contributed by atoms with Crippen LogP contribution in [0, 0.1) is 11.3 Å². The molecule has 10 nitrogen and oxygen atoms in total. The number of nitrogens with zero attached hydrogens (tertiary/aromatic N) is 8. The third kappa shape index (κ3) is 4.97. The summed E-state index contributed by atoms with van der Waals surface area (Å²) in [7, 11) is -3.23. The van der Waals surface area contributed by atoms with Crippen LogP contribution in [0.25, 0.3) is 27.8 Å². The zero-order valence-electron chi connectivity index (χ0n) is 23.3. The van der Waals surface area contributed by atoms with Gasteiger partial charge in [-0.05, 0) is 42.3 Å². The van der Waals surface area contributed by atoms with Crippen molar-refractivity contribution in [3.05, 3.63) is 84.6 Å². The Morgan fingerprint density at radius 3 is 2.32 bits per heavy atom. The van der Waals surface area contributed by atoms with Gasteiger partial charge in [-0.2, -0.15) is 20.1 Å². The molecule has 44 heavy (non-hydrogen) atoms. The van der Waals surface area contributed by atoms with E-state index in [9.17, 15) is 26.9 Å². The first-order valence-corrected chi connectivity index (χ1v) is 15.7. The lowest BCUT2D eigenvalue weighted by atomic mass is 9.86. The molecule has 0 spiro atoms. The number of halogens is 3. The van der Waals surface area contributed by atoms with Gasteiger partial charge in [-0.1, -0.05) is 12.1 Å². The second-order valence-electron chi connectivity index (χ2n) is 11.2. The normalized spacial score (nSPS) is 18.8. The Bertz CT molecular complexity index is 2020. The number of nitriles is 1. The number of piperidine rings is 1. The summed E-state index contributed by atoms with van der Waals surface area (Å²) in [5.41, 5.74) is 3.97. The molecule has 7 heterocycles. The summed E-state index contributed by atoms with van der Waals surface area (Å²) in [6.07, 6.45) is 4.42. The van der Waals surface area contributed by atoms with Crippen LogP contribution in [0.3, 0.4) is 0 Å². The molecule has 3 fully saturated rings. The molecule has 0 N–H and O–H groups in total. The summed E-state index contributed by atoms with van der Waals surface area (Å²) >= 11 is 0. The van der Waals surface area contributed by atoms with Crippen LogP contribution in [0.2, 0.25) is 0 Å². The second-order valence-corrected chi connectivity index (χ2v) is 13.2. The Labute approximate surface area is 250 Å². The number of fused-ring (bicyclic) bond motifs is 3. The highest BCUT2D eigenvalue weighted by Gasteiger charge is 2.44. The molecule has 3 saturated heterocycles. The van der Waals surface area contributed by atoms with Crippen molar-refractivity contribution in [2.75, 3.05) is 24.2 Å². The third-order valence-corrected chi connectivity index (χ3v) is 9.48. The second kappa shape index (κ2) is 10.2. The van der Waals surface area contributed by atoms with Gasteiger partial charge in [0.2, 0.25) is 0 Å². The topological polar surface area (TPSA) is 112 Å². The Balaban J connectivity index is 1.11. The molecule has 2 bridgehead atoms. The number of anilines is 1. The van der Waals surface area contributed by atoms with Crippen LogP contribution in [0.5, 0.6) is 0 Å². The van der Waals surface area contributed by atoms with Gasteiger partial charge in [-0.25, -0.2) is 17.9 Å². The standard InChI is InChI=1S/C30H25F3N8O2S/c1-44(42,43)26-5-2-19(3-6-26)14-39-24-9-25(39)18-38(17-24)28-7-4-20(11-35-28)27-8-21(15-40-29(27)22(10-34)12-36-40)23-13-37-41(16-23)30(31,32)33/h2-8,11-13,15-16,24-25H,9,14,17-18H2,1H3. The number of hydrogen-bond acceptors (Lipinski definition) is 8. The van der Waals surface area contributed by atoms with Gasteiger partial charge >= 0.3 is 6.30 Å². The molecule has 2 atom stereocenters. The Hall–Kier alpha value is -4.74. The van der Waals surface area contributed by atoms with Crippen molar-refractivity contribution in [3.8, 4) is 28.3 Å². The monoisotopic (exact) mass is 618 g/mol. The third-order valence-electron chi connectivity index (χ3n) is 8.35. The van der Waals surface area contributed by atoms with Gasteiger partial charge in [-0.3, -0.25) is 4.90 Å². The van der Waals surface area contributed by atoms with Crippen molar-refractivity contribution in [1.82, 2.24) is 29.3 Å². The Kier molecular flexibility index (Phi) is 6.49. The van der Waals surface area contributed by atoms with E-state index in [1.807, 2.05) is 24.3 Å². The first-order valence-electron chi connectivity index (χ1n) is 13.8. The van der Waals surface area contributed by atoms with E-state index >= 15 is 0 Å². The number of piperazine rings is 1. The van der Waals surface area contributed by atoms with Crippen molar-refractivity contribution in [2.45, 2.75) is 36.2 Å². The largest absolute Gasteiger partial charge is 0.504 e. The van der Waals surface area contributed by atoms with E-state index in [2.05, 4.69) is 26.1 Å². The minimum Gasteiger partial charge on any atom is -0.353 e. The fourth-order valence-corrected chi connectivity index (χ4v) is 6.74. The van der Waals surface area contributed by atoms with Gasteiger partial charge < -0.3 is 4.90 Å². The van der Waals surface area contributed by atoms with Crippen molar-refractivity contribution in [1.29, 1.82) is 5.26 Å². The molecule has 14 heteroatoms. The number of hydrogen-bond donors (Lipinski definition) is 0. The SMILES string of the molecule is CS(=O)(=O)c1ccc(CN2C3CC2CN(c2ccc(-c4cc(-c5cnn(C(F)(F)F)c5)cn5ncc(C#N)c45)cn2)C3)cc1. The molecule has 0 radical (unpaired) electrons. The van der Waals surface area contributed by atoms with Crippen LogP contribution in [0.4, 0.5) is 19.0 Å². The molecule has 1 aromatic carbocycles. The molecule has 224 valence electrons. The van der Waals surface area contributed by atoms with Gasteiger partial charge in [0.15, 0.2) is 9.84 Å². The summed E-state index contributed by atoms with van der Waals surface area (Å²) in [6, 6.07) is 15.4. The van der Waals surface area contributed by atoms with E-state index in [1.165, 1.54) is 17.0 Å². The summed E-state index contributed by atoms with van der Waals surface area (Å²) in [5, 5.41) is 17.4. The molecule has 0 aliphatic carbocycles. The van der Waals surface area contributed by atoms with Crippen molar-refractivity contribution in [3.63, 3.8) is 0 Å². The summed E-state index contributed by atoms with van der Waals surface area (Å²) in [6.45, 7) is 2.35.